The van der Waals surface area contributed by atoms with E-state index in [0.29, 0.717) is 5.92 Å². The largest absolute Gasteiger partial charge is 0.493 e. The lowest BCUT2D eigenvalue weighted by atomic mass is 10.1. The van der Waals surface area contributed by atoms with E-state index in [4.69, 9.17) is 9.47 Å². The molecule has 1 fully saturated rings. The maximum Gasteiger partial charge on any atom is 0.119 e. The Hall–Kier alpha value is -1.02. The number of benzene rings is 1. The van der Waals surface area contributed by atoms with Crippen molar-refractivity contribution in [3.8, 4) is 5.75 Å². The number of hydrogen-bond acceptors (Lipinski definition) is 2. The van der Waals surface area contributed by atoms with Crippen LogP contribution in [-0.4, -0.2) is 19.8 Å². The highest BCUT2D eigenvalue weighted by molar-refractivity contribution is 5.33. The van der Waals surface area contributed by atoms with Crippen LogP contribution in [0, 0.1) is 19.8 Å². The van der Waals surface area contributed by atoms with Crippen molar-refractivity contribution in [1.29, 1.82) is 0 Å². The van der Waals surface area contributed by atoms with E-state index >= 15 is 0 Å². The quantitative estimate of drug-likeness (QED) is 0.731. The van der Waals surface area contributed by atoms with Crippen LogP contribution in [0.25, 0.3) is 0 Å². The molecule has 0 spiro atoms. The first-order valence-electron chi connectivity index (χ1n) is 5.03. The molecule has 2 nitrogen and oxygen atoms in total. The minimum atomic E-state index is 0.594. The first kappa shape index (κ1) is 9.53. The van der Waals surface area contributed by atoms with E-state index in [0.717, 1.165) is 25.6 Å². The van der Waals surface area contributed by atoms with Crippen LogP contribution in [0.3, 0.4) is 0 Å². The fourth-order valence-electron chi connectivity index (χ4n) is 1.40. The first-order valence-corrected chi connectivity index (χ1v) is 5.03. The summed E-state index contributed by atoms with van der Waals surface area (Å²) in [4.78, 5) is 0. The van der Waals surface area contributed by atoms with Crippen molar-refractivity contribution < 1.29 is 9.47 Å². The number of ether oxygens (including phenoxy) is 2. The summed E-state index contributed by atoms with van der Waals surface area (Å²) in [5, 5.41) is 0. The molecule has 0 N–H and O–H groups in total. The van der Waals surface area contributed by atoms with Gasteiger partial charge >= 0.3 is 0 Å². The van der Waals surface area contributed by atoms with Crippen LogP contribution in [0.4, 0.5) is 0 Å². The number of hydrogen-bond donors (Lipinski definition) is 0. The van der Waals surface area contributed by atoms with Crippen LogP contribution in [0.15, 0.2) is 18.2 Å². The van der Waals surface area contributed by atoms with Crippen LogP contribution in [0.2, 0.25) is 0 Å². The van der Waals surface area contributed by atoms with Crippen LogP contribution < -0.4 is 4.74 Å². The molecule has 1 aromatic carbocycles. The molecule has 1 aromatic rings. The van der Waals surface area contributed by atoms with Crippen molar-refractivity contribution >= 4 is 0 Å². The van der Waals surface area contributed by atoms with Gasteiger partial charge in [-0.3, -0.25) is 0 Å². The molecule has 1 saturated heterocycles. The third-order valence-corrected chi connectivity index (χ3v) is 2.67. The molecule has 76 valence electrons. The van der Waals surface area contributed by atoms with Crippen molar-refractivity contribution in [2.75, 3.05) is 19.8 Å². The van der Waals surface area contributed by atoms with Gasteiger partial charge in [0.2, 0.25) is 0 Å². The van der Waals surface area contributed by atoms with Crippen molar-refractivity contribution in [1.82, 2.24) is 0 Å². The molecular weight excluding hydrogens is 176 g/mol. The van der Waals surface area contributed by atoms with Crippen LogP contribution in [0.1, 0.15) is 11.1 Å². The Kier molecular flexibility index (Phi) is 2.73. The lowest BCUT2D eigenvalue weighted by molar-refractivity contribution is -0.0508. The van der Waals surface area contributed by atoms with Gasteiger partial charge in [-0.15, -0.1) is 0 Å². The third-order valence-electron chi connectivity index (χ3n) is 2.67. The van der Waals surface area contributed by atoms with Crippen molar-refractivity contribution in [2.45, 2.75) is 13.8 Å². The molecule has 0 amide bonds. The minimum Gasteiger partial charge on any atom is -0.493 e. The van der Waals surface area contributed by atoms with Gasteiger partial charge in [0.25, 0.3) is 0 Å². The summed E-state index contributed by atoms with van der Waals surface area (Å²) < 4.78 is 10.8. The van der Waals surface area contributed by atoms with Gasteiger partial charge in [0.05, 0.1) is 19.8 Å². The second kappa shape index (κ2) is 4.01. The molecule has 14 heavy (non-hydrogen) atoms. The third kappa shape index (κ3) is 2.07. The van der Waals surface area contributed by atoms with Gasteiger partial charge in [0.1, 0.15) is 5.75 Å². The predicted octanol–water partition coefficient (Wildman–Crippen LogP) is 2.33. The van der Waals surface area contributed by atoms with Gasteiger partial charge in [0.15, 0.2) is 0 Å². The van der Waals surface area contributed by atoms with E-state index in [1.165, 1.54) is 11.1 Å². The molecule has 1 heterocycles. The van der Waals surface area contributed by atoms with Gasteiger partial charge in [-0.05, 0) is 37.1 Å². The van der Waals surface area contributed by atoms with E-state index in [1.807, 2.05) is 6.07 Å². The Morgan fingerprint density at radius 1 is 1.29 bits per heavy atom. The Labute approximate surface area is 84.8 Å². The Balaban J connectivity index is 1.91. The summed E-state index contributed by atoms with van der Waals surface area (Å²) in [6.07, 6.45) is 0. The summed E-state index contributed by atoms with van der Waals surface area (Å²) in [5.74, 6) is 1.57. The molecule has 1 aliphatic heterocycles. The fraction of sp³-hybridized carbons (Fsp3) is 0.500. The predicted molar refractivity (Wildman–Crippen MR) is 55.7 cm³/mol. The van der Waals surface area contributed by atoms with Crippen LogP contribution >= 0.6 is 0 Å². The number of rotatable bonds is 3. The van der Waals surface area contributed by atoms with E-state index in [-0.39, 0.29) is 0 Å². The van der Waals surface area contributed by atoms with Crippen LogP contribution in [0.5, 0.6) is 5.75 Å². The van der Waals surface area contributed by atoms with E-state index < -0.39 is 0 Å². The monoisotopic (exact) mass is 192 g/mol. The summed E-state index contributed by atoms with van der Waals surface area (Å²) in [7, 11) is 0. The van der Waals surface area contributed by atoms with Gasteiger partial charge < -0.3 is 9.47 Å². The molecule has 0 saturated carbocycles. The zero-order chi connectivity index (χ0) is 9.97. The van der Waals surface area contributed by atoms with E-state index in [1.54, 1.807) is 0 Å². The number of aryl methyl sites for hydroxylation is 2. The maximum absolute atomic E-state index is 5.67. The van der Waals surface area contributed by atoms with Gasteiger partial charge in [-0.1, -0.05) is 6.07 Å². The Morgan fingerprint density at radius 3 is 2.64 bits per heavy atom. The average Bonchev–Trinajstić information content (AvgIpc) is 2.08. The second-order valence-corrected chi connectivity index (χ2v) is 3.96. The van der Waals surface area contributed by atoms with E-state index in [9.17, 15) is 0 Å². The normalized spacial score (nSPS) is 16.4. The summed E-state index contributed by atoms with van der Waals surface area (Å²) in [6.45, 7) is 6.70. The molecule has 0 radical (unpaired) electrons. The van der Waals surface area contributed by atoms with Gasteiger partial charge in [-0.25, -0.2) is 0 Å². The highest BCUT2D eigenvalue weighted by Crippen LogP contribution is 2.18. The lowest BCUT2D eigenvalue weighted by Gasteiger charge is -2.25. The first-order chi connectivity index (χ1) is 6.75. The highest BCUT2D eigenvalue weighted by Gasteiger charge is 2.18. The average molecular weight is 192 g/mol. The lowest BCUT2D eigenvalue weighted by Crippen LogP contribution is -2.32. The van der Waals surface area contributed by atoms with E-state index in [2.05, 4.69) is 26.0 Å². The minimum absolute atomic E-state index is 0.594. The summed E-state index contributed by atoms with van der Waals surface area (Å²) >= 11 is 0. The van der Waals surface area contributed by atoms with Gasteiger partial charge in [0, 0.05) is 5.92 Å². The zero-order valence-corrected chi connectivity index (χ0v) is 8.75. The topological polar surface area (TPSA) is 18.5 Å². The smallest absolute Gasteiger partial charge is 0.119 e. The molecule has 2 rings (SSSR count). The molecule has 0 aliphatic carbocycles. The second-order valence-electron chi connectivity index (χ2n) is 3.96. The SMILES string of the molecule is Cc1ccc(OCC2COC2)cc1C. The molecule has 0 unspecified atom stereocenters. The molecule has 1 aliphatic rings. The van der Waals surface area contributed by atoms with Crippen molar-refractivity contribution in [3.05, 3.63) is 29.3 Å². The van der Waals surface area contributed by atoms with Gasteiger partial charge in [-0.2, -0.15) is 0 Å². The highest BCUT2D eigenvalue weighted by atomic mass is 16.5. The molecular formula is C12H16O2. The standard InChI is InChI=1S/C12H16O2/c1-9-3-4-12(5-10(9)2)14-8-11-6-13-7-11/h3-5,11H,6-8H2,1-2H3. The molecule has 0 bridgehead atoms. The fourth-order valence-corrected chi connectivity index (χ4v) is 1.40. The summed E-state index contributed by atoms with van der Waals surface area (Å²) in [5.41, 5.74) is 2.59. The zero-order valence-electron chi connectivity index (χ0n) is 8.75. The molecule has 0 atom stereocenters. The summed E-state index contributed by atoms with van der Waals surface area (Å²) in [6, 6.07) is 6.22. The molecule has 0 aromatic heterocycles. The van der Waals surface area contributed by atoms with Crippen molar-refractivity contribution in [3.63, 3.8) is 0 Å². The maximum atomic E-state index is 5.67. The molecule has 2 heteroatoms. The Bertz CT molecular complexity index is 316. The van der Waals surface area contributed by atoms with Crippen molar-refractivity contribution in [2.24, 2.45) is 5.92 Å². The Morgan fingerprint density at radius 2 is 2.07 bits per heavy atom. The van der Waals surface area contributed by atoms with Crippen LogP contribution in [-0.2, 0) is 4.74 Å².